The second kappa shape index (κ2) is 8.10. The molecule has 0 aromatic heterocycles. The number of nitrogens with zero attached hydrogens (tertiary/aromatic N) is 1. The highest BCUT2D eigenvalue weighted by atomic mass is 32.2. The fourth-order valence-corrected chi connectivity index (χ4v) is 5.85. The smallest absolute Gasteiger partial charge is 0.318 e. The molecule has 0 aliphatic carbocycles. The van der Waals surface area contributed by atoms with Crippen LogP contribution in [0, 0.1) is 0 Å². The van der Waals surface area contributed by atoms with Crippen molar-refractivity contribution in [3.05, 3.63) is 59.7 Å². The summed E-state index contributed by atoms with van der Waals surface area (Å²) in [6.45, 7) is 1.72. The van der Waals surface area contributed by atoms with E-state index in [0.717, 1.165) is 0 Å². The van der Waals surface area contributed by atoms with Gasteiger partial charge in [0.25, 0.3) is 5.91 Å². The average molecular weight is 429 g/mol. The van der Waals surface area contributed by atoms with E-state index in [9.17, 15) is 18.0 Å². The zero-order valence-corrected chi connectivity index (χ0v) is 17.4. The van der Waals surface area contributed by atoms with Crippen molar-refractivity contribution in [2.24, 2.45) is 0 Å². The molecule has 158 valence electrons. The van der Waals surface area contributed by atoms with Crippen LogP contribution in [-0.4, -0.2) is 55.9 Å². The SMILES string of the molecule is CCN(C(=O)COC(=O)C1c2ccccc2Oc2ccccc21)[C@H]1CCS(=O)(=O)C1. The van der Waals surface area contributed by atoms with Crippen molar-refractivity contribution in [3.8, 4) is 11.5 Å². The molecular formula is C22H23NO6S. The van der Waals surface area contributed by atoms with Crippen LogP contribution in [0.4, 0.5) is 0 Å². The molecule has 2 aliphatic heterocycles. The van der Waals surface area contributed by atoms with Crippen molar-refractivity contribution in [1.82, 2.24) is 4.90 Å². The lowest BCUT2D eigenvalue weighted by atomic mass is 9.88. The van der Waals surface area contributed by atoms with Gasteiger partial charge in [-0.3, -0.25) is 9.59 Å². The highest BCUT2D eigenvalue weighted by Crippen LogP contribution is 2.44. The van der Waals surface area contributed by atoms with E-state index in [-0.39, 0.29) is 23.5 Å². The number of fused-ring (bicyclic) bond motifs is 2. The minimum Gasteiger partial charge on any atom is -0.457 e. The molecule has 1 saturated heterocycles. The van der Waals surface area contributed by atoms with Crippen LogP contribution in [0.2, 0.25) is 0 Å². The monoisotopic (exact) mass is 429 g/mol. The zero-order chi connectivity index (χ0) is 21.3. The Kier molecular flexibility index (Phi) is 5.51. The average Bonchev–Trinajstić information content (AvgIpc) is 3.10. The largest absolute Gasteiger partial charge is 0.457 e. The van der Waals surface area contributed by atoms with Crippen molar-refractivity contribution in [1.29, 1.82) is 0 Å². The van der Waals surface area contributed by atoms with Crippen molar-refractivity contribution >= 4 is 21.7 Å². The molecule has 0 unspecified atom stereocenters. The van der Waals surface area contributed by atoms with E-state index < -0.39 is 28.3 Å². The molecule has 1 amide bonds. The van der Waals surface area contributed by atoms with Gasteiger partial charge in [-0.15, -0.1) is 0 Å². The van der Waals surface area contributed by atoms with Gasteiger partial charge in [-0.05, 0) is 25.5 Å². The topological polar surface area (TPSA) is 90.0 Å². The summed E-state index contributed by atoms with van der Waals surface area (Å²) in [5.74, 6) is -0.422. The molecule has 0 spiro atoms. The third-order valence-electron chi connectivity index (χ3n) is 5.56. The van der Waals surface area contributed by atoms with Gasteiger partial charge in [-0.2, -0.15) is 0 Å². The summed E-state index contributed by atoms with van der Waals surface area (Å²) in [5, 5.41) is 0. The van der Waals surface area contributed by atoms with E-state index in [1.165, 1.54) is 4.90 Å². The standard InChI is InChI=1S/C22H23NO6S/c1-2-23(15-11-12-30(26,27)14-15)20(24)13-28-22(25)21-16-7-3-5-9-18(16)29-19-10-6-4-8-17(19)21/h3-10,15,21H,2,11-14H2,1H3/t15-/m0/s1. The first-order chi connectivity index (χ1) is 14.4. The molecule has 0 saturated carbocycles. The second-order valence-electron chi connectivity index (χ2n) is 7.46. The summed E-state index contributed by atoms with van der Waals surface area (Å²) < 4.78 is 34.8. The maximum absolute atomic E-state index is 13.0. The number of ether oxygens (including phenoxy) is 2. The van der Waals surface area contributed by atoms with E-state index in [0.29, 0.717) is 35.6 Å². The summed E-state index contributed by atoms with van der Waals surface area (Å²) in [7, 11) is -3.11. The predicted molar refractivity (Wildman–Crippen MR) is 110 cm³/mol. The summed E-state index contributed by atoms with van der Waals surface area (Å²) in [4.78, 5) is 27.2. The van der Waals surface area contributed by atoms with Crippen LogP contribution < -0.4 is 4.74 Å². The highest BCUT2D eigenvalue weighted by Gasteiger charge is 2.36. The number of esters is 1. The van der Waals surface area contributed by atoms with Crippen LogP contribution in [0.15, 0.2) is 48.5 Å². The van der Waals surface area contributed by atoms with Gasteiger partial charge in [-0.1, -0.05) is 36.4 Å². The number of likely N-dealkylation sites (N-methyl/N-ethyl adjacent to an activating group) is 1. The molecule has 1 fully saturated rings. The molecule has 1 atom stereocenters. The van der Waals surface area contributed by atoms with Crippen LogP contribution >= 0.6 is 0 Å². The number of rotatable bonds is 5. The van der Waals surface area contributed by atoms with Gasteiger partial charge in [0, 0.05) is 23.7 Å². The number of benzene rings is 2. The fraction of sp³-hybridized carbons (Fsp3) is 0.364. The van der Waals surface area contributed by atoms with Crippen molar-refractivity contribution in [3.63, 3.8) is 0 Å². The van der Waals surface area contributed by atoms with Gasteiger partial charge in [0.15, 0.2) is 16.4 Å². The molecule has 2 heterocycles. The van der Waals surface area contributed by atoms with Gasteiger partial charge < -0.3 is 14.4 Å². The third-order valence-corrected chi connectivity index (χ3v) is 7.31. The molecule has 4 rings (SSSR count). The molecule has 0 N–H and O–H groups in total. The summed E-state index contributed by atoms with van der Waals surface area (Å²) in [6, 6.07) is 14.1. The van der Waals surface area contributed by atoms with Gasteiger partial charge in [-0.25, -0.2) is 8.42 Å². The van der Waals surface area contributed by atoms with Crippen LogP contribution in [0.1, 0.15) is 30.4 Å². The van der Waals surface area contributed by atoms with Gasteiger partial charge >= 0.3 is 5.97 Å². The van der Waals surface area contributed by atoms with E-state index >= 15 is 0 Å². The Labute approximate surface area is 175 Å². The van der Waals surface area contributed by atoms with Crippen molar-refractivity contribution < 1.29 is 27.5 Å². The summed E-state index contributed by atoms with van der Waals surface area (Å²) >= 11 is 0. The number of hydrogen-bond donors (Lipinski definition) is 0. The van der Waals surface area contributed by atoms with Crippen molar-refractivity contribution in [2.45, 2.75) is 25.3 Å². The lowest BCUT2D eigenvalue weighted by Crippen LogP contribution is -2.43. The quantitative estimate of drug-likeness (QED) is 0.679. The Morgan fingerprint density at radius 2 is 1.67 bits per heavy atom. The molecule has 0 bridgehead atoms. The zero-order valence-electron chi connectivity index (χ0n) is 16.6. The Morgan fingerprint density at radius 3 is 2.20 bits per heavy atom. The molecule has 30 heavy (non-hydrogen) atoms. The maximum Gasteiger partial charge on any atom is 0.318 e. The van der Waals surface area contributed by atoms with Crippen LogP contribution in [0.5, 0.6) is 11.5 Å². The van der Waals surface area contributed by atoms with E-state index in [1.54, 1.807) is 31.2 Å². The third kappa shape index (κ3) is 3.92. The first-order valence-corrected chi connectivity index (χ1v) is 11.7. The lowest BCUT2D eigenvalue weighted by Gasteiger charge is -2.28. The Morgan fingerprint density at radius 1 is 1.07 bits per heavy atom. The molecular weight excluding hydrogens is 406 g/mol. The van der Waals surface area contributed by atoms with Crippen LogP contribution in [-0.2, 0) is 24.2 Å². The number of amides is 1. The molecule has 0 radical (unpaired) electrons. The Hall–Kier alpha value is -2.87. The minimum atomic E-state index is -3.11. The maximum atomic E-state index is 13.0. The molecule has 7 nitrogen and oxygen atoms in total. The number of sulfone groups is 1. The number of carbonyl (C=O) groups is 2. The van der Waals surface area contributed by atoms with E-state index in [2.05, 4.69) is 0 Å². The molecule has 2 aromatic rings. The summed E-state index contributed by atoms with van der Waals surface area (Å²) in [6.07, 6.45) is 0.413. The lowest BCUT2D eigenvalue weighted by molar-refractivity contribution is -0.153. The van der Waals surface area contributed by atoms with E-state index in [1.807, 2.05) is 24.3 Å². The first kappa shape index (κ1) is 20.4. The van der Waals surface area contributed by atoms with Crippen LogP contribution in [0.3, 0.4) is 0 Å². The number of para-hydroxylation sites is 2. The molecule has 2 aliphatic rings. The normalized spacial score (nSPS) is 19.3. The first-order valence-electron chi connectivity index (χ1n) is 9.92. The Balaban J connectivity index is 1.50. The van der Waals surface area contributed by atoms with Crippen LogP contribution in [0.25, 0.3) is 0 Å². The second-order valence-corrected chi connectivity index (χ2v) is 9.68. The number of hydrogen-bond acceptors (Lipinski definition) is 6. The predicted octanol–water partition coefficient (Wildman–Crippen LogP) is 2.50. The van der Waals surface area contributed by atoms with Gasteiger partial charge in [0.05, 0.1) is 11.5 Å². The number of carbonyl (C=O) groups excluding carboxylic acids is 2. The summed E-state index contributed by atoms with van der Waals surface area (Å²) in [5.41, 5.74) is 1.37. The molecule has 2 aromatic carbocycles. The fourth-order valence-electron chi connectivity index (χ4n) is 4.12. The molecule has 8 heteroatoms. The van der Waals surface area contributed by atoms with Crippen molar-refractivity contribution in [2.75, 3.05) is 24.7 Å². The van der Waals surface area contributed by atoms with Gasteiger partial charge in [0.1, 0.15) is 17.4 Å². The minimum absolute atomic E-state index is 0.0404. The van der Waals surface area contributed by atoms with E-state index in [4.69, 9.17) is 9.47 Å². The van der Waals surface area contributed by atoms with Gasteiger partial charge in [0.2, 0.25) is 0 Å². The Bertz CT molecular complexity index is 1040. The highest BCUT2D eigenvalue weighted by molar-refractivity contribution is 7.91.